The Balaban J connectivity index is 0.000000272. The molecule has 4 aromatic carbocycles. The second kappa shape index (κ2) is 27.0. The van der Waals surface area contributed by atoms with E-state index in [0.717, 1.165) is 44.1 Å². The van der Waals surface area contributed by atoms with E-state index >= 15 is 0 Å². The number of rotatable bonds is 20. The predicted molar refractivity (Wildman–Crippen MR) is 248 cm³/mol. The number of aliphatic hydroxyl groups excluding tert-OH is 8. The first kappa shape index (κ1) is 52.0. The van der Waals surface area contributed by atoms with Crippen LogP contribution >= 0.6 is 0 Å². The minimum Gasteiger partial charge on any atom is -0.395 e. The number of β-amino-alcohol motifs (C(OH)–C–C–N with tert-alkyl or cyclic N) is 2. The maximum absolute atomic E-state index is 10.0. The van der Waals surface area contributed by atoms with Crippen LogP contribution < -0.4 is 0 Å². The molecule has 0 aromatic heterocycles. The summed E-state index contributed by atoms with van der Waals surface area (Å²) in [7, 11) is 0. The van der Waals surface area contributed by atoms with Crippen LogP contribution in [-0.4, -0.2) is 152 Å². The van der Waals surface area contributed by atoms with Crippen molar-refractivity contribution in [1.29, 1.82) is 0 Å². The minimum atomic E-state index is -1.20. The zero-order valence-electron chi connectivity index (χ0n) is 36.5. The van der Waals surface area contributed by atoms with Gasteiger partial charge in [0.1, 0.15) is 24.4 Å². The van der Waals surface area contributed by atoms with Gasteiger partial charge in [0, 0.05) is 26.3 Å². The van der Waals surface area contributed by atoms with Gasteiger partial charge in [-0.05, 0) is 110 Å². The van der Waals surface area contributed by atoms with Crippen LogP contribution in [0.15, 0.2) is 97.1 Å². The average molecular weight is 875 g/mol. The lowest BCUT2D eigenvalue weighted by Crippen LogP contribution is -2.62. The van der Waals surface area contributed by atoms with Crippen LogP contribution in [0.2, 0.25) is 0 Å². The van der Waals surface area contributed by atoms with Crippen LogP contribution in [0.25, 0.3) is 22.3 Å². The molecule has 0 saturated carbocycles. The van der Waals surface area contributed by atoms with Gasteiger partial charge in [0.2, 0.25) is 0 Å². The molecule has 8 atom stereocenters. The van der Waals surface area contributed by atoms with Gasteiger partial charge in [-0.3, -0.25) is 9.80 Å². The summed E-state index contributed by atoms with van der Waals surface area (Å²) in [6, 6.07) is 32.6. The molecule has 12 nitrogen and oxygen atoms in total. The summed E-state index contributed by atoms with van der Waals surface area (Å²) in [6.07, 6.45) is -1.14. The van der Waals surface area contributed by atoms with Crippen molar-refractivity contribution in [1.82, 2.24) is 9.80 Å². The van der Waals surface area contributed by atoms with Crippen LogP contribution in [0.1, 0.15) is 68.2 Å². The molecule has 348 valence electrons. The Kier molecular flexibility index (Phi) is 22.3. The van der Waals surface area contributed by atoms with Crippen LogP contribution in [0, 0.1) is 13.8 Å². The summed E-state index contributed by atoms with van der Waals surface area (Å²) in [4.78, 5) is 3.72. The zero-order valence-corrected chi connectivity index (χ0v) is 36.5. The number of aryl methyl sites for hydroxylation is 2. The van der Waals surface area contributed by atoms with Gasteiger partial charge in [0.05, 0.1) is 50.7 Å². The molecule has 2 aliphatic heterocycles. The fraction of sp³-hybridized carbons (Fsp3) is 0.529. The molecule has 6 rings (SSSR count). The summed E-state index contributed by atoms with van der Waals surface area (Å²) in [5.74, 6) is 0. The van der Waals surface area contributed by atoms with E-state index in [9.17, 15) is 40.9 Å². The van der Waals surface area contributed by atoms with E-state index < -0.39 is 48.7 Å². The molecule has 0 aliphatic carbocycles. The molecule has 0 bridgehead atoms. The number of unbranched alkanes of at least 4 members (excludes halogenated alkanes) is 4. The van der Waals surface area contributed by atoms with Gasteiger partial charge >= 0.3 is 0 Å². The molecule has 2 saturated heterocycles. The second-order valence-corrected chi connectivity index (χ2v) is 16.8. The van der Waals surface area contributed by atoms with Crippen molar-refractivity contribution in [3.05, 3.63) is 119 Å². The third-order valence-corrected chi connectivity index (χ3v) is 12.3. The van der Waals surface area contributed by atoms with Gasteiger partial charge < -0.3 is 50.3 Å². The third kappa shape index (κ3) is 15.2. The fourth-order valence-corrected chi connectivity index (χ4v) is 8.46. The second-order valence-electron chi connectivity index (χ2n) is 16.8. The maximum Gasteiger partial charge on any atom is 0.109 e. The smallest absolute Gasteiger partial charge is 0.109 e. The fourth-order valence-electron chi connectivity index (χ4n) is 8.46. The lowest BCUT2D eigenvalue weighted by molar-refractivity contribution is -0.145. The first-order valence-corrected chi connectivity index (χ1v) is 22.3. The highest BCUT2D eigenvalue weighted by atomic mass is 16.5. The zero-order chi connectivity index (χ0) is 44.4. The highest BCUT2D eigenvalue weighted by Crippen LogP contribution is 2.26. The number of hydrogen-bond donors (Lipinski definition) is 8. The SMILES string of the molecule is C.Cc1cc(-c2ccccc2)ccc1COCCCCCN1C[C@H](O)[C@@H](O)[C@H](O)[C@@H]1CO.Cc1cc(COCCCCCN2C[C@H](O)[C@@H](O)[C@H](O)[C@@H]2CO)ccc1-c1ccccc1. The van der Waals surface area contributed by atoms with Crippen LogP contribution in [0.3, 0.4) is 0 Å². The van der Waals surface area contributed by atoms with Crippen molar-refractivity contribution < 1.29 is 50.3 Å². The lowest BCUT2D eigenvalue weighted by atomic mass is 9.94. The Morgan fingerprint density at radius 3 is 1.51 bits per heavy atom. The molecule has 4 aromatic rings. The van der Waals surface area contributed by atoms with Crippen molar-refractivity contribution >= 4 is 0 Å². The molecule has 2 fully saturated rings. The first-order chi connectivity index (χ1) is 30.0. The Labute approximate surface area is 375 Å². The number of benzene rings is 4. The monoisotopic (exact) mass is 875 g/mol. The molecule has 2 aliphatic rings. The molecule has 0 unspecified atom stereocenters. The first-order valence-electron chi connectivity index (χ1n) is 22.3. The van der Waals surface area contributed by atoms with Crippen molar-refractivity contribution in [2.75, 3.05) is 52.6 Å². The number of likely N-dealkylation sites (tertiary alicyclic amines) is 2. The summed E-state index contributed by atoms with van der Waals surface area (Å²) >= 11 is 0. The van der Waals surface area contributed by atoms with Crippen LogP contribution in [0.5, 0.6) is 0 Å². The normalized spacial score (nSPS) is 24.0. The van der Waals surface area contributed by atoms with Gasteiger partial charge in [-0.25, -0.2) is 0 Å². The van der Waals surface area contributed by atoms with Gasteiger partial charge in [0.15, 0.2) is 0 Å². The van der Waals surface area contributed by atoms with Crippen molar-refractivity contribution in [3.63, 3.8) is 0 Å². The Bertz CT molecular complexity index is 1870. The van der Waals surface area contributed by atoms with Gasteiger partial charge in [-0.15, -0.1) is 0 Å². The van der Waals surface area contributed by atoms with Crippen molar-refractivity contribution in [2.45, 2.75) is 122 Å². The summed E-state index contributed by atoms with van der Waals surface area (Å²) in [5.41, 5.74) is 9.71. The van der Waals surface area contributed by atoms with E-state index in [1.807, 2.05) is 34.1 Å². The molecule has 8 N–H and O–H groups in total. The molecule has 2 heterocycles. The minimum absolute atomic E-state index is 0. The lowest BCUT2D eigenvalue weighted by Gasteiger charge is -2.43. The van der Waals surface area contributed by atoms with Crippen LogP contribution in [-0.2, 0) is 22.7 Å². The maximum atomic E-state index is 10.0. The number of aliphatic hydroxyl groups is 8. The van der Waals surface area contributed by atoms with E-state index in [-0.39, 0.29) is 33.7 Å². The highest BCUT2D eigenvalue weighted by Gasteiger charge is 2.41. The summed E-state index contributed by atoms with van der Waals surface area (Å²) in [5, 5.41) is 78.3. The molecular formula is C51H74N2O10. The van der Waals surface area contributed by atoms with Crippen molar-refractivity contribution in [2.24, 2.45) is 0 Å². The molecular weight excluding hydrogens is 801 g/mol. The van der Waals surface area contributed by atoms with Gasteiger partial charge in [0.25, 0.3) is 0 Å². The van der Waals surface area contributed by atoms with E-state index in [1.165, 1.54) is 38.9 Å². The Hall–Kier alpha value is -3.60. The third-order valence-electron chi connectivity index (χ3n) is 12.3. The summed E-state index contributed by atoms with van der Waals surface area (Å²) in [6.45, 7) is 8.13. The standard InChI is InChI=1S/2C25H35NO5.CH4/c1-18-14-19(10-11-21(18)20-8-4-2-5-9-20)17-31-13-7-3-6-12-26-15-23(28)25(30)24(29)22(26)16-27;1-18-14-20(19-8-4-2-5-9-19)10-11-21(18)17-31-13-7-3-6-12-26-15-23(28)25(30)24(29)22(26)16-27;/h2*2,4-5,8-11,14,22-25,27-30H,3,6-7,12-13,15-17H2,1H3;1H4/t2*22-,23-,24+,25+;/m00./s1. The Morgan fingerprint density at radius 2 is 1.02 bits per heavy atom. The van der Waals surface area contributed by atoms with Crippen LogP contribution in [0.4, 0.5) is 0 Å². The van der Waals surface area contributed by atoms with E-state index in [0.29, 0.717) is 39.5 Å². The molecule has 0 radical (unpaired) electrons. The van der Waals surface area contributed by atoms with Gasteiger partial charge in [-0.1, -0.05) is 104 Å². The van der Waals surface area contributed by atoms with E-state index in [4.69, 9.17) is 9.47 Å². The average Bonchev–Trinajstić information content (AvgIpc) is 3.28. The van der Waals surface area contributed by atoms with E-state index in [2.05, 4.69) is 86.6 Å². The topological polar surface area (TPSA) is 187 Å². The van der Waals surface area contributed by atoms with E-state index in [1.54, 1.807) is 0 Å². The summed E-state index contributed by atoms with van der Waals surface area (Å²) < 4.78 is 11.7. The number of hydrogen-bond acceptors (Lipinski definition) is 12. The van der Waals surface area contributed by atoms with Crippen molar-refractivity contribution in [3.8, 4) is 22.3 Å². The molecule has 63 heavy (non-hydrogen) atoms. The molecule has 12 heteroatoms. The number of ether oxygens (including phenoxy) is 2. The largest absolute Gasteiger partial charge is 0.395 e. The quantitative estimate of drug-likeness (QED) is 0.0566. The Morgan fingerprint density at radius 1 is 0.508 bits per heavy atom. The predicted octanol–water partition coefficient (Wildman–Crippen LogP) is 4.85. The van der Waals surface area contributed by atoms with Gasteiger partial charge in [-0.2, -0.15) is 0 Å². The number of piperidine rings is 2. The molecule has 0 amide bonds. The highest BCUT2D eigenvalue weighted by molar-refractivity contribution is 5.67. The number of nitrogens with zero attached hydrogens (tertiary/aromatic N) is 2. The molecule has 0 spiro atoms.